The van der Waals surface area contributed by atoms with Gasteiger partial charge in [0.1, 0.15) is 5.82 Å². The van der Waals surface area contributed by atoms with Crippen molar-refractivity contribution in [1.29, 1.82) is 0 Å². The number of piperidine rings is 1. The van der Waals surface area contributed by atoms with Crippen molar-refractivity contribution in [1.82, 2.24) is 19.9 Å². The Kier molecular flexibility index (Phi) is 3.37. The zero-order valence-corrected chi connectivity index (χ0v) is 12.8. The zero-order valence-electron chi connectivity index (χ0n) is 12.8. The number of carbonyl (C=O) groups excluding carboxylic acids is 1. The molecule has 7 heteroatoms. The molecule has 0 aliphatic carbocycles. The fourth-order valence-corrected chi connectivity index (χ4v) is 3.40. The number of fused-ring (bicyclic) bond motifs is 3. The van der Waals surface area contributed by atoms with Gasteiger partial charge in [-0.2, -0.15) is 0 Å². The standard InChI is InChI=1S/C16H17FN4O2/c1-10-6-11(17)2-3-13(10)16(22)20-5-4-15-14(8-20)21-12(9-23-15)7-18-19-21/h2-3,6-7,14-15H,4-5,8-9H2,1H3/t14-,15+/m0/s1. The van der Waals surface area contributed by atoms with Gasteiger partial charge in [-0.05, 0) is 37.1 Å². The molecule has 2 aliphatic heterocycles. The summed E-state index contributed by atoms with van der Waals surface area (Å²) in [6.07, 6.45) is 2.51. The molecule has 0 N–H and O–H groups in total. The van der Waals surface area contributed by atoms with Crippen LogP contribution in [-0.4, -0.2) is 45.0 Å². The minimum absolute atomic E-state index is 0.0142. The largest absolute Gasteiger partial charge is 0.370 e. The van der Waals surface area contributed by atoms with E-state index >= 15 is 0 Å². The highest BCUT2D eigenvalue weighted by Crippen LogP contribution is 2.30. The van der Waals surface area contributed by atoms with Gasteiger partial charge >= 0.3 is 0 Å². The van der Waals surface area contributed by atoms with Crippen LogP contribution in [0.5, 0.6) is 0 Å². The van der Waals surface area contributed by atoms with Crippen LogP contribution in [0, 0.1) is 12.7 Å². The second kappa shape index (κ2) is 5.42. The summed E-state index contributed by atoms with van der Waals surface area (Å²) >= 11 is 0. The van der Waals surface area contributed by atoms with Gasteiger partial charge in [0.05, 0.1) is 30.6 Å². The Morgan fingerprint density at radius 3 is 3.13 bits per heavy atom. The van der Waals surface area contributed by atoms with Gasteiger partial charge in [0.2, 0.25) is 0 Å². The molecule has 0 bridgehead atoms. The van der Waals surface area contributed by atoms with Gasteiger partial charge < -0.3 is 9.64 Å². The maximum atomic E-state index is 13.2. The van der Waals surface area contributed by atoms with E-state index in [-0.39, 0.29) is 23.9 Å². The lowest BCUT2D eigenvalue weighted by atomic mass is 9.98. The van der Waals surface area contributed by atoms with Gasteiger partial charge in [-0.25, -0.2) is 9.07 Å². The van der Waals surface area contributed by atoms with Crippen LogP contribution in [0.1, 0.15) is 34.1 Å². The number of nitrogens with zero attached hydrogens (tertiary/aromatic N) is 4. The van der Waals surface area contributed by atoms with Crippen LogP contribution >= 0.6 is 0 Å². The molecule has 6 nitrogen and oxygen atoms in total. The van der Waals surface area contributed by atoms with E-state index < -0.39 is 0 Å². The van der Waals surface area contributed by atoms with Crippen LogP contribution in [-0.2, 0) is 11.3 Å². The molecule has 120 valence electrons. The fraction of sp³-hybridized carbons (Fsp3) is 0.438. The summed E-state index contributed by atoms with van der Waals surface area (Å²) in [6.45, 7) is 3.42. The Bertz CT molecular complexity index is 760. The van der Waals surface area contributed by atoms with Crippen LogP contribution < -0.4 is 0 Å². The lowest BCUT2D eigenvalue weighted by Crippen LogP contribution is -2.50. The van der Waals surface area contributed by atoms with E-state index in [4.69, 9.17) is 4.74 Å². The topological polar surface area (TPSA) is 60.3 Å². The number of halogens is 1. The van der Waals surface area contributed by atoms with Crippen LogP contribution in [0.25, 0.3) is 0 Å². The van der Waals surface area contributed by atoms with Crippen molar-refractivity contribution in [2.24, 2.45) is 0 Å². The van der Waals surface area contributed by atoms with Crippen molar-refractivity contribution >= 4 is 5.91 Å². The van der Waals surface area contributed by atoms with Crippen molar-refractivity contribution in [2.45, 2.75) is 32.1 Å². The highest BCUT2D eigenvalue weighted by molar-refractivity contribution is 5.95. The van der Waals surface area contributed by atoms with E-state index in [9.17, 15) is 9.18 Å². The van der Waals surface area contributed by atoms with E-state index in [0.29, 0.717) is 30.8 Å². The molecule has 0 saturated carbocycles. The molecule has 0 unspecified atom stereocenters. The van der Waals surface area contributed by atoms with E-state index in [0.717, 1.165) is 12.1 Å². The summed E-state index contributed by atoms with van der Waals surface area (Å²) in [7, 11) is 0. The molecule has 1 fully saturated rings. The van der Waals surface area contributed by atoms with E-state index in [1.807, 2.05) is 4.68 Å². The third-order valence-electron chi connectivity index (χ3n) is 4.63. The number of amides is 1. The predicted octanol–water partition coefficient (Wildman–Crippen LogP) is 1.71. The molecule has 1 aromatic heterocycles. The van der Waals surface area contributed by atoms with Crippen molar-refractivity contribution in [3.05, 3.63) is 47.0 Å². The molecule has 4 rings (SSSR count). The molecule has 23 heavy (non-hydrogen) atoms. The van der Waals surface area contributed by atoms with Crippen LogP contribution in [0.3, 0.4) is 0 Å². The predicted molar refractivity (Wildman–Crippen MR) is 79.3 cm³/mol. The van der Waals surface area contributed by atoms with Crippen molar-refractivity contribution in [3.63, 3.8) is 0 Å². The van der Waals surface area contributed by atoms with Crippen LogP contribution in [0.15, 0.2) is 24.4 Å². The number of hydrogen-bond donors (Lipinski definition) is 0. The highest BCUT2D eigenvalue weighted by Gasteiger charge is 2.38. The fourth-order valence-electron chi connectivity index (χ4n) is 3.40. The van der Waals surface area contributed by atoms with Gasteiger partial charge in [0, 0.05) is 18.7 Å². The monoisotopic (exact) mass is 316 g/mol. The maximum Gasteiger partial charge on any atom is 0.254 e. The summed E-state index contributed by atoms with van der Waals surface area (Å²) < 4.78 is 21.0. The van der Waals surface area contributed by atoms with Gasteiger partial charge in [-0.1, -0.05) is 5.21 Å². The van der Waals surface area contributed by atoms with Gasteiger partial charge in [-0.15, -0.1) is 5.10 Å². The lowest BCUT2D eigenvalue weighted by molar-refractivity contribution is -0.0605. The number of carbonyl (C=O) groups is 1. The highest BCUT2D eigenvalue weighted by atomic mass is 19.1. The summed E-state index contributed by atoms with van der Waals surface area (Å²) in [5, 5.41) is 8.07. The Morgan fingerprint density at radius 1 is 1.43 bits per heavy atom. The first-order chi connectivity index (χ1) is 11.1. The van der Waals surface area contributed by atoms with Crippen molar-refractivity contribution < 1.29 is 13.9 Å². The second-order valence-electron chi connectivity index (χ2n) is 6.09. The Hall–Kier alpha value is -2.28. The molecule has 1 saturated heterocycles. The quantitative estimate of drug-likeness (QED) is 0.803. The molecule has 1 aromatic carbocycles. The first kappa shape index (κ1) is 14.3. The minimum Gasteiger partial charge on any atom is -0.370 e. The molecule has 1 amide bonds. The average Bonchev–Trinajstić information content (AvgIpc) is 3.03. The molecular formula is C16H17FN4O2. The van der Waals surface area contributed by atoms with Crippen molar-refractivity contribution in [3.8, 4) is 0 Å². The number of likely N-dealkylation sites (tertiary alicyclic amines) is 1. The summed E-state index contributed by atoms with van der Waals surface area (Å²) in [5.41, 5.74) is 2.12. The minimum atomic E-state index is -0.328. The van der Waals surface area contributed by atoms with E-state index in [1.54, 1.807) is 24.1 Å². The molecular weight excluding hydrogens is 299 g/mol. The van der Waals surface area contributed by atoms with Crippen LogP contribution in [0.4, 0.5) is 4.39 Å². The molecule has 2 aliphatic rings. The smallest absolute Gasteiger partial charge is 0.254 e. The normalized spacial score (nSPS) is 23.3. The first-order valence-corrected chi connectivity index (χ1v) is 7.69. The second-order valence-corrected chi connectivity index (χ2v) is 6.09. The first-order valence-electron chi connectivity index (χ1n) is 7.69. The SMILES string of the molecule is Cc1cc(F)ccc1C(=O)N1CC[C@H]2OCc3cnnn3[C@H]2C1. The van der Waals surface area contributed by atoms with Gasteiger partial charge in [-0.3, -0.25) is 4.79 Å². The molecule has 2 aromatic rings. The average molecular weight is 316 g/mol. The number of hydrogen-bond acceptors (Lipinski definition) is 4. The molecule has 0 spiro atoms. The maximum absolute atomic E-state index is 13.2. The number of benzene rings is 1. The number of ether oxygens (including phenoxy) is 1. The third kappa shape index (κ3) is 2.41. The Labute approximate surface area is 132 Å². The lowest BCUT2D eigenvalue weighted by Gasteiger charge is -2.41. The van der Waals surface area contributed by atoms with Crippen LogP contribution in [0.2, 0.25) is 0 Å². The third-order valence-corrected chi connectivity index (χ3v) is 4.63. The van der Waals surface area contributed by atoms with E-state index in [1.165, 1.54) is 12.1 Å². The van der Waals surface area contributed by atoms with Gasteiger partial charge in [0.15, 0.2) is 0 Å². The zero-order chi connectivity index (χ0) is 16.0. The number of aromatic nitrogens is 3. The summed E-state index contributed by atoms with van der Waals surface area (Å²) in [5.74, 6) is -0.404. The summed E-state index contributed by atoms with van der Waals surface area (Å²) in [4.78, 5) is 14.6. The summed E-state index contributed by atoms with van der Waals surface area (Å²) in [6, 6.07) is 4.25. The van der Waals surface area contributed by atoms with E-state index in [2.05, 4.69) is 10.3 Å². The number of rotatable bonds is 1. The molecule has 0 radical (unpaired) electrons. The van der Waals surface area contributed by atoms with Crippen molar-refractivity contribution in [2.75, 3.05) is 13.1 Å². The Balaban J connectivity index is 1.59. The Morgan fingerprint density at radius 2 is 2.30 bits per heavy atom. The molecule has 3 heterocycles. The molecule has 2 atom stereocenters. The number of aryl methyl sites for hydroxylation is 1. The van der Waals surface area contributed by atoms with Gasteiger partial charge in [0.25, 0.3) is 5.91 Å².